The van der Waals surface area contributed by atoms with Gasteiger partial charge in [-0.05, 0) is 90.3 Å². The van der Waals surface area contributed by atoms with Crippen molar-refractivity contribution in [3.8, 4) is 23.1 Å². The van der Waals surface area contributed by atoms with Crippen molar-refractivity contribution in [1.29, 1.82) is 5.26 Å². The standard InChI is InChI=1S/C44H25N5/c1-46-29-19-21-42-36(23-29)38-25-37-34-15-6-8-17-40(34)49(43(37)26-44(38)47(42)30-10-3-2-4-11-30)32-13-9-12-31(24-32)48-39-16-7-5-14-33(39)35-22-28(27-45)18-20-41(35)48/h2-26H. The number of fused-ring (bicyclic) bond motifs is 9. The second-order valence-corrected chi connectivity index (χ2v) is 12.4. The summed E-state index contributed by atoms with van der Waals surface area (Å²) in [6.07, 6.45) is 0. The Balaban J connectivity index is 1.29. The molecule has 0 unspecified atom stereocenters. The van der Waals surface area contributed by atoms with Gasteiger partial charge < -0.3 is 13.7 Å². The van der Waals surface area contributed by atoms with Gasteiger partial charge in [0.05, 0.1) is 51.3 Å². The number of hydrogen-bond donors (Lipinski definition) is 0. The Morgan fingerprint density at radius 1 is 0.408 bits per heavy atom. The van der Waals surface area contributed by atoms with Crippen LogP contribution in [0.5, 0.6) is 0 Å². The van der Waals surface area contributed by atoms with E-state index in [2.05, 4.69) is 146 Å². The van der Waals surface area contributed by atoms with Crippen molar-refractivity contribution in [3.63, 3.8) is 0 Å². The second-order valence-electron chi connectivity index (χ2n) is 12.4. The summed E-state index contributed by atoms with van der Waals surface area (Å²) in [5.74, 6) is 0. The quantitative estimate of drug-likeness (QED) is 0.181. The van der Waals surface area contributed by atoms with E-state index in [1.54, 1.807) is 0 Å². The van der Waals surface area contributed by atoms with Gasteiger partial charge >= 0.3 is 0 Å². The third-order valence-electron chi connectivity index (χ3n) is 9.83. The first-order valence-corrected chi connectivity index (χ1v) is 16.2. The van der Waals surface area contributed by atoms with Crippen molar-refractivity contribution in [2.24, 2.45) is 0 Å². The summed E-state index contributed by atoms with van der Waals surface area (Å²) >= 11 is 0. The minimum Gasteiger partial charge on any atom is -0.309 e. The lowest BCUT2D eigenvalue weighted by molar-refractivity contribution is 1.13. The molecule has 0 saturated carbocycles. The molecule has 5 heteroatoms. The largest absolute Gasteiger partial charge is 0.309 e. The maximum Gasteiger partial charge on any atom is 0.188 e. The summed E-state index contributed by atoms with van der Waals surface area (Å²) in [6, 6.07) is 55.0. The molecule has 0 radical (unpaired) electrons. The lowest BCUT2D eigenvalue weighted by Crippen LogP contribution is -1.99. The molecule has 10 aromatic rings. The predicted octanol–water partition coefficient (Wildman–Crippen LogP) is 11.4. The Hall–Kier alpha value is -7.08. The van der Waals surface area contributed by atoms with Crippen molar-refractivity contribution in [1.82, 2.24) is 13.7 Å². The second kappa shape index (κ2) is 10.2. The summed E-state index contributed by atoms with van der Waals surface area (Å²) in [5.41, 5.74) is 11.0. The average molecular weight is 624 g/mol. The van der Waals surface area contributed by atoms with E-state index in [9.17, 15) is 5.26 Å². The summed E-state index contributed by atoms with van der Waals surface area (Å²) in [4.78, 5) is 3.76. The fourth-order valence-electron chi connectivity index (χ4n) is 7.76. The monoisotopic (exact) mass is 623 g/mol. The Labute approximate surface area is 281 Å². The first kappa shape index (κ1) is 27.1. The summed E-state index contributed by atoms with van der Waals surface area (Å²) < 4.78 is 6.97. The molecule has 0 amide bonds. The van der Waals surface area contributed by atoms with Crippen LogP contribution >= 0.6 is 0 Å². The van der Waals surface area contributed by atoms with Crippen LogP contribution in [0.4, 0.5) is 5.69 Å². The van der Waals surface area contributed by atoms with Gasteiger partial charge in [0.25, 0.3) is 0 Å². The summed E-state index contributed by atoms with van der Waals surface area (Å²) in [5, 5.41) is 16.4. The highest BCUT2D eigenvalue weighted by atomic mass is 15.0. The molecule has 0 atom stereocenters. The maximum atomic E-state index is 9.65. The molecule has 0 N–H and O–H groups in total. The first-order valence-electron chi connectivity index (χ1n) is 16.2. The first-order chi connectivity index (χ1) is 24.2. The van der Waals surface area contributed by atoms with Crippen molar-refractivity contribution >= 4 is 71.1 Å². The fraction of sp³-hybridized carbons (Fsp3) is 0. The van der Waals surface area contributed by atoms with Gasteiger partial charge in [-0.1, -0.05) is 66.7 Å². The zero-order chi connectivity index (χ0) is 32.6. The van der Waals surface area contributed by atoms with Crippen LogP contribution in [-0.4, -0.2) is 13.7 Å². The minimum absolute atomic E-state index is 0.632. The SMILES string of the molecule is [C-]#[N+]c1ccc2c(c1)c1cc3c4ccccc4n(-c4cccc(-n5c6ccccc6c6cc(C#N)ccc65)c4)c3cc1n2-c1ccccc1. The highest BCUT2D eigenvalue weighted by Crippen LogP contribution is 2.41. The Bertz CT molecular complexity index is 3070. The van der Waals surface area contributed by atoms with Crippen LogP contribution in [-0.2, 0) is 0 Å². The zero-order valence-electron chi connectivity index (χ0n) is 26.2. The van der Waals surface area contributed by atoms with Gasteiger partial charge in [0.2, 0.25) is 0 Å². The Morgan fingerprint density at radius 3 is 1.59 bits per heavy atom. The zero-order valence-corrected chi connectivity index (χ0v) is 26.2. The lowest BCUT2D eigenvalue weighted by Gasteiger charge is -2.13. The lowest BCUT2D eigenvalue weighted by atomic mass is 10.1. The van der Waals surface area contributed by atoms with Crippen LogP contribution in [0.3, 0.4) is 0 Å². The molecule has 0 aliphatic carbocycles. The molecular weight excluding hydrogens is 599 g/mol. The van der Waals surface area contributed by atoms with E-state index in [0.717, 1.165) is 77.1 Å². The molecule has 0 spiro atoms. The van der Waals surface area contributed by atoms with E-state index >= 15 is 0 Å². The Morgan fingerprint density at radius 2 is 0.918 bits per heavy atom. The highest BCUT2D eigenvalue weighted by molar-refractivity contribution is 6.19. The smallest absolute Gasteiger partial charge is 0.188 e. The van der Waals surface area contributed by atoms with Crippen LogP contribution in [0.15, 0.2) is 152 Å². The molecule has 5 nitrogen and oxygen atoms in total. The number of nitrogens with zero attached hydrogens (tertiary/aromatic N) is 5. The van der Waals surface area contributed by atoms with Crippen LogP contribution in [0.1, 0.15) is 5.56 Å². The van der Waals surface area contributed by atoms with E-state index in [4.69, 9.17) is 6.57 Å². The molecule has 3 aromatic heterocycles. The van der Waals surface area contributed by atoms with Gasteiger partial charge in [-0.2, -0.15) is 5.26 Å². The van der Waals surface area contributed by atoms with E-state index < -0.39 is 0 Å². The number of rotatable bonds is 3. The van der Waals surface area contributed by atoms with Gasteiger partial charge in [-0.3, -0.25) is 0 Å². The molecule has 0 bridgehead atoms. The van der Waals surface area contributed by atoms with E-state index in [-0.39, 0.29) is 0 Å². The molecule has 0 saturated heterocycles. The molecule has 0 aliphatic rings. The molecule has 7 aromatic carbocycles. The number of nitriles is 1. The molecule has 0 fully saturated rings. The Kier molecular flexibility index (Phi) is 5.64. The van der Waals surface area contributed by atoms with E-state index in [1.807, 2.05) is 30.3 Å². The van der Waals surface area contributed by atoms with Gasteiger partial charge in [0.15, 0.2) is 5.69 Å². The molecule has 10 rings (SSSR count). The third kappa shape index (κ3) is 3.85. The van der Waals surface area contributed by atoms with Crippen LogP contribution in [0.25, 0.3) is 87.3 Å². The van der Waals surface area contributed by atoms with Crippen LogP contribution in [0.2, 0.25) is 0 Å². The van der Waals surface area contributed by atoms with Crippen molar-refractivity contribution < 1.29 is 0 Å². The number of para-hydroxylation sites is 3. The topological polar surface area (TPSA) is 42.9 Å². The number of aromatic nitrogens is 3. The van der Waals surface area contributed by atoms with Crippen LogP contribution < -0.4 is 0 Å². The van der Waals surface area contributed by atoms with Crippen LogP contribution in [0, 0.1) is 17.9 Å². The van der Waals surface area contributed by atoms with Crippen molar-refractivity contribution in [2.75, 3.05) is 0 Å². The molecule has 3 heterocycles. The van der Waals surface area contributed by atoms with Gasteiger partial charge in [-0.15, -0.1) is 0 Å². The summed E-state index contributed by atoms with van der Waals surface area (Å²) in [7, 11) is 0. The molecule has 0 aliphatic heterocycles. The van der Waals surface area contributed by atoms with Gasteiger partial charge in [-0.25, -0.2) is 4.85 Å². The number of benzene rings is 7. The van der Waals surface area contributed by atoms with E-state index in [0.29, 0.717) is 11.3 Å². The normalized spacial score (nSPS) is 11.6. The highest BCUT2D eigenvalue weighted by Gasteiger charge is 2.20. The van der Waals surface area contributed by atoms with E-state index in [1.165, 1.54) is 5.39 Å². The van der Waals surface area contributed by atoms with Crippen molar-refractivity contribution in [2.45, 2.75) is 0 Å². The molecular formula is C44H25N5. The summed E-state index contributed by atoms with van der Waals surface area (Å²) in [6.45, 7) is 7.71. The van der Waals surface area contributed by atoms with Gasteiger partial charge in [0.1, 0.15) is 0 Å². The fourth-order valence-corrected chi connectivity index (χ4v) is 7.76. The average Bonchev–Trinajstić information content (AvgIpc) is 3.78. The number of hydrogen-bond acceptors (Lipinski definition) is 1. The molecule has 226 valence electrons. The molecule has 49 heavy (non-hydrogen) atoms. The third-order valence-corrected chi connectivity index (χ3v) is 9.83. The van der Waals surface area contributed by atoms with Gasteiger partial charge in [0, 0.05) is 44.0 Å². The maximum absolute atomic E-state index is 9.65. The minimum atomic E-state index is 0.632. The van der Waals surface area contributed by atoms with Crippen molar-refractivity contribution in [3.05, 3.63) is 169 Å². The predicted molar refractivity (Wildman–Crippen MR) is 200 cm³/mol.